The lowest BCUT2D eigenvalue weighted by Crippen LogP contribution is -2.04. The summed E-state index contributed by atoms with van der Waals surface area (Å²) in [6.45, 7) is 2.18. The first kappa shape index (κ1) is 14.1. The standard InChI is InChI=1S/C16H13Br2NS/c1-10(15-6-7-16(18)20-15)19-14-5-3-11-8-13(17)4-2-12(11)9-14/h2-10,19H,1H3. The molecule has 0 aliphatic heterocycles. The number of rotatable bonds is 3. The SMILES string of the molecule is CC(Nc1ccc2cc(Br)ccc2c1)c1ccc(Br)s1. The summed E-state index contributed by atoms with van der Waals surface area (Å²) in [7, 11) is 0. The Balaban J connectivity index is 1.85. The van der Waals surface area contributed by atoms with Gasteiger partial charge >= 0.3 is 0 Å². The fourth-order valence-corrected chi connectivity index (χ4v) is 3.99. The molecule has 0 bridgehead atoms. The Morgan fingerprint density at radius 1 is 0.950 bits per heavy atom. The van der Waals surface area contributed by atoms with E-state index in [0.29, 0.717) is 6.04 Å². The predicted molar refractivity (Wildman–Crippen MR) is 95.7 cm³/mol. The maximum atomic E-state index is 3.56. The van der Waals surface area contributed by atoms with Gasteiger partial charge in [-0.1, -0.05) is 28.1 Å². The zero-order chi connectivity index (χ0) is 14.1. The van der Waals surface area contributed by atoms with E-state index in [0.717, 1.165) is 10.2 Å². The third-order valence-electron chi connectivity index (χ3n) is 3.21. The summed E-state index contributed by atoms with van der Waals surface area (Å²) in [4.78, 5) is 1.33. The van der Waals surface area contributed by atoms with Gasteiger partial charge in [0.25, 0.3) is 0 Å². The predicted octanol–water partition coefficient (Wildman–Crippen LogP) is 6.60. The molecule has 3 rings (SSSR count). The molecule has 0 fully saturated rings. The number of anilines is 1. The highest BCUT2D eigenvalue weighted by Crippen LogP contribution is 2.30. The molecule has 1 atom stereocenters. The van der Waals surface area contributed by atoms with Crippen LogP contribution in [-0.4, -0.2) is 0 Å². The normalized spacial score (nSPS) is 12.6. The number of benzene rings is 2. The molecule has 20 heavy (non-hydrogen) atoms. The Kier molecular flexibility index (Phi) is 4.15. The van der Waals surface area contributed by atoms with Crippen molar-refractivity contribution in [2.75, 3.05) is 5.32 Å². The second kappa shape index (κ2) is 5.88. The van der Waals surface area contributed by atoms with Gasteiger partial charge in [0.05, 0.1) is 9.83 Å². The van der Waals surface area contributed by atoms with Gasteiger partial charge in [0, 0.05) is 15.0 Å². The average Bonchev–Trinajstić information content (AvgIpc) is 2.86. The molecule has 1 heterocycles. The number of fused-ring (bicyclic) bond motifs is 1. The topological polar surface area (TPSA) is 12.0 Å². The van der Waals surface area contributed by atoms with E-state index in [-0.39, 0.29) is 0 Å². The van der Waals surface area contributed by atoms with Crippen molar-refractivity contribution < 1.29 is 0 Å². The van der Waals surface area contributed by atoms with Gasteiger partial charge in [0.15, 0.2) is 0 Å². The first-order chi connectivity index (χ1) is 9.61. The lowest BCUT2D eigenvalue weighted by Gasteiger charge is -2.14. The number of halogens is 2. The van der Waals surface area contributed by atoms with Crippen molar-refractivity contribution in [3.8, 4) is 0 Å². The van der Waals surface area contributed by atoms with Crippen LogP contribution in [0, 0.1) is 0 Å². The summed E-state index contributed by atoms with van der Waals surface area (Å²) in [6.07, 6.45) is 0. The molecule has 1 unspecified atom stereocenters. The average molecular weight is 411 g/mol. The molecule has 0 aliphatic rings. The number of thiophene rings is 1. The van der Waals surface area contributed by atoms with Crippen molar-refractivity contribution >= 4 is 59.7 Å². The monoisotopic (exact) mass is 409 g/mol. The molecule has 1 aromatic heterocycles. The van der Waals surface area contributed by atoms with Crippen LogP contribution in [0.3, 0.4) is 0 Å². The Morgan fingerprint density at radius 3 is 2.45 bits per heavy atom. The van der Waals surface area contributed by atoms with Crippen LogP contribution in [0.15, 0.2) is 56.8 Å². The van der Waals surface area contributed by atoms with E-state index in [1.165, 1.54) is 19.4 Å². The van der Waals surface area contributed by atoms with Crippen LogP contribution in [0.25, 0.3) is 10.8 Å². The van der Waals surface area contributed by atoms with Gasteiger partial charge in [-0.25, -0.2) is 0 Å². The molecule has 0 spiro atoms. The minimum Gasteiger partial charge on any atom is -0.378 e. The van der Waals surface area contributed by atoms with Crippen molar-refractivity contribution in [3.05, 3.63) is 61.7 Å². The van der Waals surface area contributed by atoms with Gasteiger partial charge in [-0.05, 0) is 70.0 Å². The summed E-state index contributed by atoms with van der Waals surface area (Å²) in [5.41, 5.74) is 1.15. The van der Waals surface area contributed by atoms with E-state index in [1.54, 1.807) is 11.3 Å². The van der Waals surface area contributed by atoms with Gasteiger partial charge in [0.1, 0.15) is 0 Å². The van der Waals surface area contributed by atoms with Crippen LogP contribution < -0.4 is 5.32 Å². The Labute approximate surface area is 139 Å². The van der Waals surface area contributed by atoms with Crippen LogP contribution in [0.4, 0.5) is 5.69 Å². The van der Waals surface area contributed by atoms with Crippen molar-refractivity contribution in [1.29, 1.82) is 0 Å². The zero-order valence-electron chi connectivity index (χ0n) is 10.9. The quantitative estimate of drug-likeness (QED) is 0.512. The Hall–Kier alpha value is -0.840. The molecule has 0 saturated heterocycles. The minimum absolute atomic E-state index is 0.305. The molecule has 4 heteroatoms. The summed E-state index contributed by atoms with van der Waals surface area (Å²) < 4.78 is 2.28. The lowest BCUT2D eigenvalue weighted by atomic mass is 10.1. The second-order valence-corrected chi connectivity index (χ2v) is 8.12. The van der Waals surface area contributed by atoms with Crippen molar-refractivity contribution in [2.24, 2.45) is 0 Å². The zero-order valence-corrected chi connectivity index (χ0v) is 14.8. The highest BCUT2D eigenvalue weighted by atomic mass is 79.9. The molecule has 0 radical (unpaired) electrons. The number of hydrogen-bond acceptors (Lipinski definition) is 2. The maximum absolute atomic E-state index is 3.56. The van der Waals surface area contributed by atoms with E-state index in [4.69, 9.17) is 0 Å². The van der Waals surface area contributed by atoms with E-state index < -0.39 is 0 Å². The third-order valence-corrected chi connectivity index (χ3v) is 5.51. The fraction of sp³-hybridized carbons (Fsp3) is 0.125. The third kappa shape index (κ3) is 3.08. The highest BCUT2D eigenvalue weighted by molar-refractivity contribution is 9.11. The lowest BCUT2D eigenvalue weighted by molar-refractivity contribution is 0.909. The smallest absolute Gasteiger partial charge is 0.0702 e. The van der Waals surface area contributed by atoms with Crippen molar-refractivity contribution in [1.82, 2.24) is 0 Å². The van der Waals surface area contributed by atoms with Crippen molar-refractivity contribution in [2.45, 2.75) is 13.0 Å². The van der Waals surface area contributed by atoms with Gasteiger partial charge < -0.3 is 5.32 Å². The Bertz CT molecular complexity index is 751. The van der Waals surface area contributed by atoms with E-state index in [1.807, 2.05) is 0 Å². The van der Waals surface area contributed by atoms with Gasteiger partial charge in [0.2, 0.25) is 0 Å². The molecule has 0 saturated carbocycles. The van der Waals surface area contributed by atoms with Gasteiger partial charge in [-0.15, -0.1) is 11.3 Å². The molecule has 1 nitrogen and oxygen atoms in total. The molecule has 1 N–H and O–H groups in total. The second-order valence-electron chi connectivity index (χ2n) is 4.71. The summed E-state index contributed by atoms with van der Waals surface area (Å²) in [6, 6.07) is 17.4. The molecule has 0 amide bonds. The molecular weight excluding hydrogens is 398 g/mol. The van der Waals surface area contributed by atoms with Crippen LogP contribution in [0.1, 0.15) is 17.8 Å². The minimum atomic E-state index is 0.305. The van der Waals surface area contributed by atoms with E-state index in [9.17, 15) is 0 Å². The summed E-state index contributed by atoms with van der Waals surface area (Å²) in [5, 5.41) is 6.05. The molecule has 102 valence electrons. The summed E-state index contributed by atoms with van der Waals surface area (Å²) in [5.74, 6) is 0. The van der Waals surface area contributed by atoms with Gasteiger partial charge in [-0.2, -0.15) is 0 Å². The Morgan fingerprint density at radius 2 is 1.70 bits per heavy atom. The molecule has 0 aliphatic carbocycles. The van der Waals surface area contributed by atoms with Crippen molar-refractivity contribution in [3.63, 3.8) is 0 Å². The van der Waals surface area contributed by atoms with Crippen LogP contribution >= 0.6 is 43.2 Å². The van der Waals surface area contributed by atoms with Crippen LogP contribution in [0.2, 0.25) is 0 Å². The molecule has 2 aromatic carbocycles. The highest BCUT2D eigenvalue weighted by Gasteiger charge is 2.08. The maximum Gasteiger partial charge on any atom is 0.0702 e. The summed E-state index contributed by atoms with van der Waals surface area (Å²) >= 11 is 8.79. The van der Waals surface area contributed by atoms with E-state index in [2.05, 4.69) is 92.6 Å². The molecular formula is C16H13Br2NS. The number of nitrogens with one attached hydrogen (secondary N) is 1. The number of hydrogen-bond donors (Lipinski definition) is 1. The van der Waals surface area contributed by atoms with Crippen LogP contribution in [0.5, 0.6) is 0 Å². The molecule has 3 aromatic rings. The largest absolute Gasteiger partial charge is 0.378 e. The first-order valence-electron chi connectivity index (χ1n) is 6.33. The first-order valence-corrected chi connectivity index (χ1v) is 8.73. The van der Waals surface area contributed by atoms with Crippen LogP contribution in [-0.2, 0) is 0 Å². The van der Waals surface area contributed by atoms with E-state index >= 15 is 0 Å². The fourth-order valence-electron chi connectivity index (χ4n) is 2.19. The van der Waals surface area contributed by atoms with Gasteiger partial charge in [-0.3, -0.25) is 0 Å².